The zero-order valence-corrected chi connectivity index (χ0v) is 11.5. The van der Waals surface area contributed by atoms with Gasteiger partial charge in [-0.2, -0.15) is 0 Å². The van der Waals surface area contributed by atoms with Gasteiger partial charge in [-0.15, -0.1) is 0 Å². The van der Waals surface area contributed by atoms with Crippen molar-refractivity contribution in [3.63, 3.8) is 0 Å². The molecule has 0 bridgehead atoms. The largest absolute Gasteiger partial charge is 0.489 e. The van der Waals surface area contributed by atoms with E-state index in [0.29, 0.717) is 22.2 Å². The molecule has 0 fully saturated rings. The topological polar surface area (TPSA) is 35.2 Å². The van der Waals surface area contributed by atoms with Crippen LogP contribution in [-0.2, 0) is 0 Å². The van der Waals surface area contributed by atoms with Gasteiger partial charge in [0, 0.05) is 6.54 Å². The first kappa shape index (κ1) is 14.1. The maximum Gasteiger partial charge on any atom is 0.165 e. The second-order valence-corrected chi connectivity index (χ2v) is 4.73. The standard InChI is InChI=1S/C14H12Cl2FNO/c15-11-3-1-9(7-12(11)16)10-2-4-14(13(17)8-10)19-6-5-18/h1-4,7-8H,5-6,18H2. The van der Waals surface area contributed by atoms with Crippen molar-refractivity contribution in [2.75, 3.05) is 13.2 Å². The summed E-state index contributed by atoms with van der Waals surface area (Å²) >= 11 is 11.8. The smallest absolute Gasteiger partial charge is 0.165 e. The summed E-state index contributed by atoms with van der Waals surface area (Å²) in [6.45, 7) is 0.622. The number of benzene rings is 2. The minimum atomic E-state index is -0.433. The van der Waals surface area contributed by atoms with E-state index in [9.17, 15) is 4.39 Å². The van der Waals surface area contributed by atoms with Crippen molar-refractivity contribution in [2.45, 2.75) is 0 Å². The third kappa shape index (κ3) is 3.38. The molecule has 2 N–H and O–H groups in total. The molecule has 0 aromatic heterocycles. The summed E-state index contributed by atoms with van der Waals surface area (Å²) in [5, 5.41) is 0.900. The Morgan fingerprint density at radius 3 is 2.32 bits per heavy atom. The summed E-state index contributed by atoms with van der Waals surface area (Å²) in [5.74, 6) is -0.244. The lowest BCUT2D eigenvalue weighted by Crippen LogP contribution is -2.11. The fraction of sp³-hybridized carbons (Fsp3) is 0.143. The molecular formula is C14H12Cl2FNO. The summed E-state index contributed by atoms with van der Waals surface area (Å²) in [6, 6.07) is 9.88. The molecule has 100 valence electrons. The van der Waals surface area contributed by atoms with Gasteiger partial charge in [0.05, 0.1) is 10.0 Å². The van der Waals surface area contributed by atoms with Crippen LogP contribution in [0, 0.1) is 5.82 Å². The summed E-state index contributed by atoms with van der Waals surface area (Å²) < 4.78 is 19.0. The number of ether oxygens (including phenoxy) is 1. The monoisotopic (exact) mass is 299 g/mol. The highest BCUT2D eigenvalue weighted by molar-refractivity contribution is 6.42. The molecular weight excluding hydrogens is 288 g/mol. The van der Waals surface area contributed by atoms with E-state index < -0.39 is 5.82 Å². The fourth-order valence-electron chi connectivity index (χ4n) is 1.64. The lowest BCUT2D eigenvalue weighted by molar-refractivity contribution is 0.311. The average molecular weight is 300 g/mol. The van der Waals surface area contributed by atoms with Crippen LogP contribution in [0.25, 0.3) is 11.1 Å². The minimum Gasteiger partial charge on any atom is -0.489 e. The maximum absolute atomic E-state index is 13.8. The van der Waals surface area contributed by atoms with Crippen LogP contribution < -0.4 is 10.5 Å². The van der Waals surface area contributed by atoms with Crippen LogP contribution in [0.3, 0.4) is 0 Å². The van der Waals surface area contributed by atoms with Crippen LogP contribution in [0.15, 0.2) is 36.4 Å². The van der Waals surface area contributed by atoms with Gasteiger partial charge in [-0.25, -0.2) is 4.39 Å². The Hall–Kier alpha value is -1.29. The molecule has 0 heterocycles. The molecule has 2 aromatic rings. The summed E-state index contributed by atoms with van der Waals surface area (Å²) in [4.78, 5) is 0. The molecule has 0 aliphatic rings. The van der Waals surface area contributed by atoms with Gasteiger partial charge in [0.1, 0.15) is 6.61 Å². The highest BCUT2D eigenvalue weighted by atomic mass is 35.5. The number of rotatable bonds is 4. The van der Waals surface area contributed by atoms with E-state index in [2.05, 4.69) is 0 Å². The first-order valence-corrected chi connectivity index (χ1v) is 6.45. The van der Waals surface area contributed by atoms with Gasteiger partial charge in [0.15, 0.2) is 11.6 Å². The van der Waals surface area contributed by atoms with Crippen molar-refractivity contribution in [1.82, 2.24) is 0 Å². The average Bonchev–Trinajstić information content (AvgIpc) is 2.40. The third-order valence-electron chi connectivity index (χ3n) is 2.56. The lowest BCUT2D eigenvalue weighted by Gasteiger charge is -2.08. The van der Waals surface area contributed by atoms with Crippen LogP contribution in [0.2, 0.25) is 10.0 Å². The number of nitrogens with two attached hydrogens (primary N) is 1. The molecule has 2 aromatic carbocycles. The molecule has 0 atom stereocenters. The molecule has 0 unspecified atom stereocenters. The SMILES string of the molecule is NCCOc1ccc(-c2ccc(Cl)c(Cl)c2)cc1F. The van der Waals surface area contributed by atoms with Gasteiger partial charge in [-0.3, -0.25) is 0 Å². The Kier molecular flexibility index (Phi) is 4.64. The zero-order chi connectivity index (χ0) is 13.8. The molecule has 5 heteroatoms. The van der Waals surface area contributed by atoms with E-state index in [-0.39, 0.29) is 12.4 Å². The van der Waals surface area contributed by atoms with Crippen molar-refractivity contribution in [1.29, 1.82) is 0 Å². The number of hydrogen-bond acceptors (Lipinski definition) is 2. The van der Waals surface area contributed by atoms with E-state index >= 15 is 0 Å². The molecule has 0 radical (unpaired) electrons. The van der Waals surface area contributed by atoms with Crippen LogP contribution in [0.1, 0.15) is 0 Å². The summed E-state index contributed by atoms with van der Waals surface area (Å²) in [5.41, 5.74) is 6.80. The fourth-order valence-corrected chi connectivity index (χ4v) is 1.94. The highest BCUT2D eigenvalue weighted by Gasteiger charge is 2.07. The molecule has 0 saturated carbocycles. The normalized spacial score (nSPS) is 10.5. The second-order valence-electron chi connectivity index (χ2n) is 3.91. The molecule has 2 rings (SSSR count). The zero-order valence-electron chi connectivity index (χ0n) is 10.00. The van der Waals surface area contributed by atoms with Gasteiger partial charge >= 0.3 is 0 Å². The van der Waals surface area contributed by atoms with Crippen molar-refractivity contribution in [3.05, 3.63) is 52.3 Å². The molecule has 0 amide bonds. The predicted octanol–water partition coefficient (Wildman–Crippen LogP) is 4.14. The molecule has 19 heavy (non-hydrogen) atoms. The summed E-state index contributed by atoms with van der Waals surface area (Å²) in [6.07, 6.45) is 0. The highest BCUT2D eigenvalue weighted by Crippen LogP contribution is 2.30. The quantitative estimate of drug-likeness (QED) is 0.921. The van der Waals surface area contributed by atoms with Gasteiger partial charge in [0.25, 0.3) is 0 Å². The van der Waals surface area contributed by atoms with E-state index in [1.54, 1.807) is 30.3 Å². The van der Waals surface area contributed by atoms with Gasteiger partial charge in [0.2, 0.25) is 0 Å². The Morgan fingerprint density at radius 2 is 1.68 bits per heavy atom. The second kappa shape index (κ2) is 6.24. The van der Waals surface area contributed by atoms with Crippen molar-refractivity contribution >= 4 is 23.2 Å². The van der Waals surface area contributed by atoms with Crippen LogP contribution in [0.4, 0.5) is 4.39 Å². The first-order chi connectivity index (χ1) is 9.11. The van der Waals surface area contributed by atoms with E-state index in [0.717, 1.165) is 5.56 Å². The van der Waals surface area contributed by atoms with Gasteiger partial charge < -0.3 is 10.5 Å². The molecule has 0 saturated heterocycles. The van der Waals surface area contributed by atoms with Crippen LogP contribution >= 0.6 is 23.2 Å². The lowest BCUT2D eigenvalue weighted by atomic mass is 10.1. The molecule has 0 aliphatic carbocycles. The Morgan fingerprint density at radius 1 is 1.00 bits per heavy atom. The molecule has 0 aliphatic heterocycles. The van der Waals surface area contributed by atoms with E-state index in [1.165, 1.54) is 6.07 Å². The van der Waals surface area contributed by atoms with Crippen molar-refractivity contribution in [3.8, 4) is 16.9 Å². The predicted molar refractivity (Wildman–Crippen MR) is 76.4 cm³/mol. The van der Waals surface area contributed by atoms with Crippen molar-refractivity contribution in [2.24, 2.45) is 5.73 Å². The number of hydrogen-bond donors (Lipinski definition) is 1. The van der Waals surface area contributed by atoms with Crippen LogP contribution in [-0.4, -0.2) is 13.2 Å². The van der Waals surface area contributed by atoms with Gasteiger partial charge in [-0.1, -0.05) is 35.3 Å². The van der Waals surface area contributed by atoms with Gasteiger partial charge in [-0.05, 0) is 35.4 Å². The van der Waals surface area contributed by atoms with Crippen molar-refractivity contribution < 1.29 is 9.13 Å². The first-order valence-electron chi connectivity index (χ1n) is 5.69. The van der Waals surface area contributed by atoms with E-state index in [1.807, 2.05) is 0 Å². The maximum atomic E-state index is 13.8. The summed E-state index contributed by atoms with van der Waals surface area (Å²) in [7, 11) is 0. The number of halogens is 3. The van der Waals surface area contributed by atoms with E-state index in [4.69, 9.17) is 33.7 Å². The Bertz CT molecular complexity index is 590. The van der Waals surface area contributed by atoms with Crippen LogP contribution in [0.5, 0.6) is 5.75 Å². The third-order valence-corrected chi connectivity index (χ3v) is 3.30. The Labute approximate surface area is 120 Å². The minimum absolute atomic E-state index is 0.189. The Balaban J connectivity index is 2.30. The molecule has 0 spiro atoms. The molecule has 2 nitrogen and oxygen atoms in total.